The average Bonchev–Trinajstić information content (AvgIpc) is 3.09. The number of hydrogen-bond acceptors (Lipinski definition) is 12. The second-order valence-corrected chi connectivity index (χ2v) is 13.1. The summed E-state index contributed by atoms with van der Waals surface area (Å²) in [5.41, 5.74) is 17.2. The van der Waals surface area contributed by atoms with Crippen molar-refractivity contribution >= 4 is 41.5 Å². The number of aliphatic hydroxyl groups is 1. The molecule has 0 fully saturated rings. The number of carboxylic acids is 2. The van der Waals surface area contributed by atoms with Crippen molar-refractivity contribution in [1.29, 1.82) is 0 Å². The molecule has 0 aliphatic rings. The first-order valence-electron chi connectivity index (χ1n) is 17.5. The first-order chi connectivity index (χ1) is 25.0. The van der Waals surface area contributed by atoms with Gasteiger partial charge in [0.05, 0.1) is 13.0 Å². The van der Waals surface area contributed by atoms with Gasteiger partial charge >= 0.3 is 11.9 Å². The van der Waals surface area contributed by atoms with Gasteiger partial charge in [0.15, 0.2) is 0 Å². The van der Waals surface area contributed by atoms with E-state index in [1.807, 2.05) is 0 Å². The molecule has 53 heavy (non-hydrogen) atoms. The third-order valence-corrected chi connectivity index (χ3v) is 8.04. The minimum absolute atomic E-state index is 0.00647. The minimum Gasteiger partial charge on any atom is -0.508 e. The predicted octanol–water partition coefficient (Wildman–Crippen LogP) is -2.46. The highest BCUT2D eigenvalue weighted by molar-refractivity contribution is 5.97. The van der Waals surface area contributed by atoms with Gasteiger partial charge in [0, 0.05) is 6.42 Å². The van der Waals surface area contributed by atoms with Gasteiger partial charge in [-0.15, -0.1) is 0 Å². The van der Waals surface area contributed by atoms with E-state index in [1.54, 1.807) is 13.8 Å². The van der Waals surface area contributed by atoms with Gasteiger partial charge in [0.1, 0.15) is 42.0 Å². The Hall–Kier alpha value is -4.85. The van der Waals surface area contributed by atoms with Crippen molar-refractivity contribution in [3.8, 4) is 5.75 Å². The number of aliphatic carboxylic acids is 2. The Bertz CT molecular complexity index is 1360. The molecule has 15 N–H and O–H groups in total. The summed E-state index contributed by atoms with van der Waals surface area (Å²) in [6.45, 7) is 3.42. The van der Waals surface area contributed by atoms with Gasteiger partial charge in [-0.2, -0.15) is 0 Å². The molecular formula is C34H56N8O11. The molecule has 0 unspecified atom stereocenters. The zero-order chi connectivity index (χ0) is 40.1. The maximum Gasteiger partial charge on any atom is 0.326 e. The number of aliphatic hydroxyl groups excluding tert-OH is 1. The molecule has 0 aromatic heterocycles. The molecule has 0 saturated heterocycles. The normalized spacial score (nSPS) is 14.5. The van der Waals surface area contributed by atoms with Crippen LogP contribution in [-0.2, 0) is 40.0 Å². The number of benzene rings is 1. The number of hydrogen-bond donors (Lipinski definition) is 12. The molecule has 0 aliphatic heterocycles. The Balaban J connectivity index is 3.38. The van der Waals surface area contributed by atoms with E-state index in [4.69, 9.17) is 17.2 Å². The Labute approximate surface area is 308 Å². The van der Waals surface area contributed by atoms with E-state index < -0.39 is 90.8 Å². The summed E-state index contributed by atoms with van der Waals surface area (Å²) in [5, 5.41) is 50.4. The molecule has 0 saturated carbocycles. The summed E-state index contributed by atoms with van der Waals surface area (Å²) >= 11 is 0. The van der Waals surface area contributed by atoms with Crippen LogP contribution >= 0.6 is 0 Å². The summed E-state index contributed by atoms with van der Waals surface area (Å²) in [4.78, 5) is 90.1. The molecule has 1 aromatic carbocycles. The summed E-state index contributed by atoms with van der Waals surface area (Å²) in [6, 6.07) is -2.54. The van der Waals surface area contributed by atoms with E-state index in [1.165, 1.54) is 24.3 Å². The van der Waals surface area contributed by atoms with Gasteiger partial charge in [0.2, 0.25) is 29.5 Å². The molecule has 298 valence electrons. The summed E-state index contributed by atoms with van der Waals surface area (Å²) < 4.78 is 0. The lowest BCUT2D eigenvalue weighted by Crippen LogP contribution is -2.60. The number of unbranched alkanes of at least 4 members (excludes halogenated alkanes) is 2. The Morgan fingerprint density at radius 1 is 0.642 bits per heavy atom. The second-order valence-electron chi connectivity index (χ2n) is 13.1. The molecule has 19 nitrogen and oxygen atoms in total. The molecule has 1 rings (SSSR count). The van der Waals surface area contributed by atoms with Gasteiger partial charge in [-0.3, -0.25) is 28.8 Å². The summed E-state index contributed by atoms with van der Waals surface area (Å²) in [7, 11) is 0. The highest BCUT2D eigenvalue weighted by atomic mass is 16.4. The molecule has 0 spiro atoms. The van der Waals surface area contributed by atoms with Crippen molar-refractivity contribution in [2.75, 3.05) is 19.7 Å². The fourth-order valence-electron chi connectivity index (χ4n) is 5.13. The topological polar surface area (TPSA) is 339 Å². The van der Waals surface area contributed by atoms with Crippen molar-refractivity contribution in [2.24, 2.45) is 23.1 Å². The number of phenols is 1. The maximum atomic E-state index is 13.9. The van der Waals surface area contributed by atoms with Crippen LogP contribution in [0.1, 0.15) is 70.8 Å². The molecular weight excluding hydrogens is 696 g/mol. The van der Waals surface area contributed by atoms with Crippen LogP contribution in [0.2, 0.25) is 0 Å². The molecule has 1 aromatic rings. The van der Waals surface area contributed by atoms with Crippen molar-refractivity contribution in [3.05, 3.63) is 29.8 Å². The minimum atomic E-state index is -1.71. The summed E-state index contributed by atoms with van der Waals surface area (Å²) in [6.07, 6.45) is 0.879. The van der Waals surface area contributed by atoms with E-state index >= 15 is 0 Å². The monoisotopic (exact) mass is 752 g/mol. The molecule has 5 amide bonds. The van der Waals surface area contributed by atoms with Gasteiger partial charge in [-0.25, -0.2) is 4.79 Å². The standard InChI is InChI=1S/C34H56N8O11/c1-19(2)15-25(31(49)42-27(17-28(45)46)33(51)39-24(34(52)53)8-4-6-14-36)40-32(50)26(16-20-9-11-21(44)12-10-20)41-30(48)23(7-3-5-13-35)38-29(47)22(37)18-43/h9-12,19,22-27,43-44H,3-8,13-18,35-37H2,1-2H3,(H,38,47)(H,39,51)(H,40,50)(H,41,48)(H,42,49)(H,45,46)(H,52,53)/t22-,23-,24-,25-,26-,27-/m0/s1. The first-order valence-corrected chi connectivity index (χ1v) is 17.5. The van der Waals surface area contributed by atoms with Crippen LogP contribution < -0.4 is 43.8 Å². The van der Waals surface area contributed by atoms with Crippen LogP contribution in [0.15, 0.2) is 24.3 Å². The Morgan fingerprint density at radius 2 is 1.09 bits per heavy atom. The van der Waals surface area contributed by atoms with Crippen LogP contribution in [0.25, 0.3) is 0 Å². The van der Waals surface area contributed by atoms with Crippen molar-refractivity contribution in [3.63, 3.8) is 0 Å². The zero-order valence-electron chi connectivity index (χ0n) is 30.2. The number of carbonyl (C=O) groups is 7. The number of phenolic OH excluding ortho intramolecular Hbond substituents is 1. The fourth-order valence-corrected chi connectivity index (χ4v) is 5.13. The van der Waals surface area contributed by atoms with E-state index in [-0.39, 0.29) is 37.4 Å². The summed E-state index contributed by atoms with van der Waals surface area (Å²) in [5.74, 6) is -7.54. The Kier molecular flexibility index (Phi) is 21.3. The van der Waals surface area contributed by atoms with E-state index in [0.29, 0.717) is 44.3 Å². The zero-order valence-corrected chi connectivity index (χ0v) is 30.2. The average molecular weight is 753 g/mol. The molecule has 0 heterocycles. The smallest absolute Gasteiger partial charge is 0.326 e. The number of aromatic hydroxyl groups is 1. The van der Waals surface area contributed by atoms with Gasteiger partial charge in [-0.05, 0) is 81.6 Å². The predicted molar refractivity (Wildman–Crippen MR) is 192 cm³/mol. The molecule has 0 bridgehead atoms. The third kappa shape index (κ3) is 18.0. The van der Waals surface area contributed by atoms with E-state index in [0.717, 1.165) is 0 Å². The Morgan fingerprint density at radius 3 is 1.60 bits per heavy atom. The van der Waals surface area contributed by atoms with E-state index in [9.17, 15) is 54.0 Å². The van der Waals surface area contributed by atoms with Crippen LogP contribution in [0.4, 0.5) is 0 Å². The molecule has 6 atom stereocenters. The second kappa shape index (κ2) is 24.4. The van der Waals surface area contributed by atoms with Crippen molar-refractivity contribution in [2.45, 2.75) is 108 Å². The molecule has 19 heteroatoms. The lowest BCUT2D eigenvalue weighted by Gasteiger charge is -2.27. The third-order valence-electron chi connectivity index (χ3n) is 8.04. The van der Waals surface area contributed by atoms with E-state index in [2.05, 4.69) is 26.6 Å². The van der Waals surface area contributed by atoms with Crippen LogP contribution in [0, 0.1) is 5.92 Å². The van der Waals surface area contributed by atoms with Crippen LogP contribution in [0.3, 0.4) is 0 Å². The largest absolute Gasteiger partial charge is 0.508 e. The SMILES string of the molecule is CC(C)C[C@H](NC(=O)[C@H](Cc1ccc(O)cc1)NC(=O)[C@H](CCCCN)NC(=O)[C@@H](N)CO)C(=O)N[C@@H](CC(=O)O)C(=O)N[C@@H](CCCCN)C(=O)O. The number of nitrogens with one attached hydrogen (secondary N) is 5. The maximum absolute atomic E-state index is 13.9. The van der Waals surface area contributed by atoms with Gasteiger partial charge in [0.25, 0.3) is 0 Å². The quantitative estimate of drug-likeness (QED) is 0.0437. The van der Waals surface area contributed by atoms with Crippen molar-refractivity contribution in [1.82, 2.24) is 26.6 Å². The highest BCUT2D eigenvalue weighted by Crippen LogP contribution is 2.14. The first kappa shape index (κ1) is 46.2. The molecule has 0 aliphatic carbocycles. The fraction of sp³-hybridized carbons (Fsp3) is 0.618. The number of amides is 5. The molecule has 0 radical (unpaired) electrons. The highest BCUT2D eigenvalue weighted by Gasteiger charge is 2.34. The number of carboxylic acid groups (broad SMARTS) is 2. The lowest BCUT2D eigenvalue weighted by molar-refractivity contribution is -0.144. The number of rotatable bonds is 26. The van der Waals surface area contributed by atoms with Crippen LogP contribution in [-0.4, -0.2) is 118 Å². The van der Waals surface area contributed by atoms with Crippen LogP contribution in [0.5, 0.6) is 5.75 Å². The van der Waals surface area contributed by atoms with Crippen molar-refractivity contribution < 1.29 is 54.0 Å². The number of nitrogens with two attached hydrogens (primary N) is 3. The number of carbonyl (C=O) groups excluding carboxylic acids is 5. The van der Waals surface area contributed by atoms with Gasteiger partial charge in [-0.1, -0.05) is 26.0 Å². The van der Waals surface area contributed by atoms with Gasteiger partial charge < -0.3 is 64.2 Å². The lowest BCUT2D eigenvalue weighted by atomic mass is 10.00.